The molecule has 3 aromatic rings. The second kappa shape index (κ2) is 9.45. The Morgan fingerprint density at radius 2 is 2.00 bits per heavy atom. The summed E-state index contributed by atoms with van der Waals surface area (Å²) in [5.74, 6) is 0.112. The van der Waals surface area contributed by atoms with Gasteiger partial charge in [-0.2, -0.15) is 0 Å². The van der Waals surface area contributed by atoms with Crippen LogP contribution in [0.2, 0.25) is 0 Å². The third-order valence-corrected chi connectivity index (χ3v) is 6.38. The van der Waals surface area contributed by atoms with Crippen LogP contribution in [0.15, 0.2) is 58.5 Å². The van der Waals surface area contributed by atoms with Crippen LogP contribution in [0.3, 0.4) is 0 Å². The second-order valence-electron chi connectivity index (χ2n) is 7.45. The van der Waals surface area contributed by atoms with Gasteiger partial charge in [-0.3, -0.25) is 14.2 Å². The number of carbonyl (C=O) groups is 1. The van der Waals surface area contributed by atoms with Gasteiger partial charge in [0, 0.05) is 13.2 Å². The minimum absolute atomic E-state index is 0.00898. The summed E-state index contributed by atoms with van der Waals surface area (Å²) in [6.45, 7) is 0.359. The van der Waals surface area contributed by atoms with Crippen LogP contribution >= 0.6 is 11.8 Å². The van der Waals surface area contributed by atoms with E-state index in [0.29, 0.717) is 29.0 Å². The Morgan fingerprint density at radius 3 is 2.87 bits per heavy atom. The van der Waals surface area contributed by atoms with Crippen LogP contribution in [0.25, 0.3) is 10.9 Å². The lowest BCUT2D eigenvalue weighted by Crippen LogP contribution is -2.32. The molecule has 0 saturated carbocycles. The van der Waals surface area contributed by atoms with Crippen molar-refractivity contribution in [2.45, 2.75) is 43.4 Å². The Hall–Kier alpha value is -2.64. The summed E-state index contributed by atoms with van der Waals surface area (Å²) in [7, 11) is 0. The summed E-state index contributed by atoms with van der Waals surface area (Å²) >= 11 is 1.26. The van der Waals surface area contributed by atoms with Gasteiger partial charge < -0.3 is 10.4 Å². The third kappa shape index (κ3) is 4.42. The van der Waals surface area contributed by atoms with E-state index in [4.69, 9.17) is 0 Å². The van der Waals surface area contributed by atoms with E-state index in [1.807, 2.05) is 24.3 Å². The average molecular weight is 424 g/mol. The number of nitrogens with one attached hydrogen (secondary N) is 1. The molecular formula is C23H25N3O3S. The Morgan fingerprint density at radius 1 is 1.20 bits per heavy atom. The van der Waals surface area contributed by atoms with E-state index in [9.17, 15) is 14.7 Å². The van der Waals surface area contributed by atoms with Gasteiger partial charge in [-0.1, -0.05) is 48.2 Å². The minimum Gasteiger partial charge on any atom is -0.396 e. The van der Waals surface area contributed by atoms with E-state index in [1.54, 1.807) is 16.7 Å². The quantitative estimate of drug-likeness (QED) is 0.451. The third-order valence-electron chi connectivity index (χ3n) is 5.40. The van der Waals surface area contributed by atoms with Crippen molar-refractivity contribution in [3.8, 4) is 0 Å². The van der Waals surface area contributed by atoms with Crippen LogP contribution in [-0.4, -0.2) is 32.9 Å². The van der Waals surface area contributed by atoms with Gasteiger partial charge >= 0.3 is 0 Å². The summed E-state index contributed by atoms with van der Waals surface area (Å²) in [4.78, 5) is 30.2. The van der Waals surface area contributed by atoms with Crippen molar-refractivity contribution in [3.05, 3.63) is 70.0 Å². The maximum atomic E-state index is 12.9. The molecule has 0 bridgehead atoms. The highest BCUT2D eigenvalue weighted by atomic mass is 32.2. The van der Waals surface area contributed by atoms with Crippen molar-refractivity contribution in [1.29, 1.82) is 0 Å². The number of para-hydroxylation sites is 1. The number of amides is 1. The van der Waals surface area contributed by atoms with Crippen LogP contribution in [0.4, 0.5) is 0 Å². The molecule has 0 saturated heterocycles. The molecule has 2 aromatic carbocycles. The van der Waals surface area contributed by atoms with Crippen molar-refractivity contribution in [2.75, 3.05) is 12.4 Å². The van der Waals surface area contributed by atoms with Crippen LogP contribution in [-0.2, 0) is 17.8 Å². The molecule has 2 N–H and O–H groups in total. The number of benzene rings is 2. The van der Waals surface area contributed by atoms with E-state index >= 15 is 0 Å². The van der Waals surface area contributed by atoms with E-state index in [2.05, 4.69) is 22.4 Å². The first-order chi connectivity index (χ1) is 14.7. The standard InChI is InChI=1S/C23H25N3O3S/c27-14-6-13-26-22(29)18-10-3-4-11-20(18)25-23(26)30-15-21(28)24-19-12-5-8-16-7-1-2-9-17(16)19/h1-4,7,9-11,19,27H,5-6,8,12-15H2,(H,24,28)/t19-/m0/s1. The molecule has 4 rings (SSSR count). The molecule has 1 heterocycles. The number of nitrogens with zero attached hydrogens (tertiary/aromatic N) is 2. The van der Waals surface area contributed by atoms with Crippen LogP contribution in [0.1, 0.15) is 36.4 Å². The first-order valence-electron chi connectivity index (χ1n) is 10.3. The summed E-state index contributed by atoms with van der Waals surface area (Å²) in [5, 5.41) is 13.4. The second-order valence-corrected chi connectivity index (χ2v) is 8.39. The number of carbonyl (C=O) groups excluding carboxylic acids is 1. The van der Waals surface area contributed by atoms with Crippen molar-refractivity contribution < 1.29 is 9.90 Å². The van der Waals surface area contributed by atoms with Gasteiger partial charge in [0.2, 0.25) is 5.91 Å². The largest absolute Gasteiger partial charge is 0.396 e. The Kier molecular flexibility index (Phi) is 6.50. The van der Waals surface area contributed by atoms with Crippen LogP contribution < -0.4 is 10.9 Å². The van der Waals surface area contributed by atoms with Crippen molar-refractivity contribution in [1.82, 2.24) is 14.9 Å². The number of thioether (sulfide) groups is 1. The molecule has 1 amide bonds. The zero-order chi connectivity index (χ0) is 20.9. The normalized spacial score (nSPS) is 15.7. The highest BCUT2D eigenvalue weighted by molar-refractivity contribution is 7.99. The number of hydrogen-bond donors (Lipinski definition) is 2. The van der Waals surface area contributed by atoms with Gasteiger partial charge in [0.05, 0.1) is 22.7 Å². The van der Waals surface area contributed by atoms with Gasteiger partial charge in [-0.05, 0) is 48.9 Å². The highest BCUT2D eigenvalue weighted by Crippen LogP contribution is 2.29. The highest BCUT2D eigenvalue weighted by Gasteiger charge is 2.22. The molecule has 0 fully saturated rings. The fraction of sp³-hybridized carbons (Fsp3) is 0.348. The molecule has 6 nitrogen and oxygen atoms in total. The number of aromatic nitrogens is 2. The summed E-state index contributed by atoms with van der Waals surface area (Å²) in [6, 6.07) is 15.5. The number of aliphatic hydroxyl groups excluding tert-OH is 1. The molecule has 156 valence electrons. The van der Waals surface area contributed by atoms with E-state index < -0.39 is 0 Å². The molecule has 7 heteroatoms. The number of aliphatic hydroxyl groups is 1. The molecule has 0 radical (unpaired) electrons. The number of hydrogen-bond acceptors (Lipinski definition) is 5. The topological polar surface area (TPSA) is 84.2 Å². The summed E-state index contributed by atoms with van der Waals surface area (Å²) in [6.07, 6.45) is 3.50. The lowest BCUT2D eigenvalue weighted by atomic mass is 9.88. The van der Waals surface area contributed by atoms with Crippen LogP contribution in [0.5, 0.6) is 0 Å². The first-order valence-corrected chi connectivity index (χ1v) is 11.3. The fourth-order valence-corrected chi connectivity index (χ4v) is 4.79. The molecule has 1 atom stereocenters. The molecule has 1 aliphatic rings. The molecule has 30 heavy (non-hydrogen) atoms. The van der Waals surface area contributed by atoms with Gasteiger partial charge in [0.15, 0.2) is 5.16 Å². The van der Waals surface area contributed by atoms with Crippen LogP contribution in [0, 0.1) is 0 Å². The first kappa shape index (κ1) is 20.6. The van der Waals surface area contributed by atoms with Crippen molar-refractivity contribution in [3.63, 3.8) is 0 Å². The number of rotatable bonds is 7. The molecule has 0 spiro atoms. The zero-order valence-electron chi connectivity index (χ0n) is 16.7. The summed E-state index contributed by atoms with van der Waals surface area (Å²) in [5.41, 5.74) is 2.98. The van der Waals surface area contributed by atoms with Gasteiger partial charge in [-0.15, -0.1) is 0 Å². The molecule has 0 aliphatic heterocycles. The molecule has 1 aromatic heterocycles. The SMILES string of the molecule is O=C(CSc1nc2ccccc2c(=O)n1CCCO)N[C@H]1CCCc2ccccc21. The predicted octanol–water partition coefficient (Wildman–Crippen LogP) is 3.06. The average Bonchev–Trinajstić information content (AvgIpc) is 2.77. The number of fused-ring (bicyclic) bond motifs is 2. The number of aryl methyl sites for hydroxylation is 1. The monoisotopic (exact) mass is 423 g/mol. The molecule has 1 aliphatic carbocycles. The smallest absolute Gasteiger partial charge is 0.262 e. The molecular weight excluding hydrogens is 398 g/mol. The predicted molar refractivity (Wildman–Crippen MR) is 119 cm³/mol. The van der Waals surface area contributed by atoms with Gasteiger partial charge in [0.1, 0.15) is 0 Å². The maximum absolute atomic E-state index is 12.9. The van der Waals surface area contributed by atoms with Crippen molar-refractivity contribution in [2.24, 2.45) is 0 Å². The van der Waals surface area contributed by atoms with Crippen molar-refractivity contribution >= 4 is 28.6 Å². The lowest BCUT2D eigenvalue weighted by molar-refractivity contribution is -0.119. The van der Waals surface area contributed by atoms with E-state index in [-0.39, 0.29) is 29.9 Å². The fourth-order valence-electron chi connectivity index (χ4n) is 3.95. The van der Waals surface area contributed by atoms with Gasteiger partial charge in [0.25, 0.3) is 5.56 Å². The Balaban J connectivity index is 1.50. The summed E-state index contributed by atoms with van der Waals surface area (Å²) < 4.78 is 1.56. The Bertz CT molecular complexity index is 1110. The maximum Gasteiger partial charge on any atom is 0.262 e. The van der Waals surface area contributed by atoms with E-state index in [0.717, 1.165) is 19.3 Å². The zero-order valence-corrected chi connectivity index (χ0v) is 17.5. The van der Waals surface area contributed by atoms with Gasteiger partial charge in [-0.25, -0.2) is 4.98 Å². The Labute approximate surface area is 179 Å². The minimum atomic E-state index is -0.141. The lowest BCUT2D eigenvalue weighted by Gasteiger charge is -2.26. The molecule has 0 unspecified atom stereocenters. The van der Waals surface area contributed by atoms with E-state index in [1.165, 1.54) is 22.9 Å².